The second-order valence-electron chi connectivity index (χ2n) is 9.76. The van der Waals surface area contributed by atoms with Crippen LogP contribution in [0.3, 0.4) is 0 Å². The molecule has 1 saturated heterocycles. The van der Waals surface area contributed by atoms with E-state index in [4.69, 9.17) is 23.2 Å². The van der Waals surface area contributed by atoms with Gasteiger partial charge in [-0.3, -0.25) is 4.79 Å². The van der Waals surface area contributed by atoms with Crippen LogP contribution in [0.2, 0.25) is 10.0 Å². The van der Waals surface area contributed by atoms with E-state index >= 15 is 0 Å². The number of carbonyl (C=O) groups is 1. The van der Waals surface area contributed by atoms with E-state index < -0.39 is 5.60 Å². The number of carbonyl (C=O) groups excluding carboxylic acids is 1. The molecule has 0 saturated carbocycles. The summed E-state index contributed by atoms with van der Waals surface area (Å²) in [5, 5.41) is 12.3. The van der Waals surface area contributed by atoms with E-state index in [1.165, 1.54) is 0 Å². The first-order valence-electron chi connectivity index (χ1n) is 12.2. The number of hydrogen-bond donors (Lipinski definition) is 1. The van der Waals surface area contributed by atoms with Crippen molar-refractivity contribution in [1.82, 2.24) is 9.80 Å². The first kappa shape index (κ1) is 24.3. The molecular formula is C29H30Cl2N2O2. The third kappa shape index (κ3) is 4.73. The molecule has 0 unspecified atom stereocenters. The molecule has 1 fully saturated rings. The summed E-state index contributed by atoms with van der Waals surface area (Å²) in [7, 11) is 1.89. The Balaban J connectivity index is 1.36. The molecule has 4 nitrogen and oxygen atoms in total. The second kappa shape index (κ2) is 9.94. The number of hydrogen-bond acceptors (Lipinski definition) is 3. The fourth-order valence-electron chi connectivity index (χ4n) is 5.72. The third-order valence-electron chi connectivity index (χ3n) is 7.75. The number of fused-ring (bicyclic) bond motifs is 1. The lowest BCUT2D eigenvalue weighted by molar-refractivity contribution is -0.0266. The number of aliphatic hydroxyl groups is 1. The molecule has 0 bridgehead atoms. The van der Waals surface area contributed by atoms with Crippen molar-refractivity contribution in [3.05, 3.63) is 105 Å². The van der Waals surface area contributed by atoms with Gasteiger partial charge in [0.2, 0.25) is 0 Å². The molecule has 0 aromatic heterocycles. The summed E-state index contributed by atoms with van der Waals surface area (Å²) >= 11 is 12.6. The van der Waals surface area contributed by atoms with Crippen LogP contribution in [-0.2, 0) is 5.60 Å². The fraction of sp³-hybridized carbons (Fsp3) is 0.345. The van der Waals surface area contributed by atoms with E-state index in [0.717, 1.165) is 48.3 Å². The van der Waals surface area contributed by atoms with Crippen molar-refractivity contribution in [2.45, 2.75) is 36.8 Å². The van der Waals surface area contributed by atoms with Crippen LogP contribution < -0.4 is 0 Å². The number of halogens is 2. The number of rotatable bonds is 6. The maximum Gasteiger partial charge on any atom is 0.254 e. The minimum Gasteiger partial charge on any atom is -0.385 e. The molecule has 1 amide bonds. The Morgan fingerprint density at radius 2 is 1.66 bits per heavy atom. The lowest BCUT2D eigenvalue weighted by Crippen LogP contribution is -2.43. The quantitative estimate of drug-likeness (QED) is 0.426. The number of amides is 1. The van der Waals surface area contributed by atoms with Crippen LogP contribution >= 0.6 is 23.2 Å². The SMILES string of the molecule is CN1C(=O)c2ccccc2[C@@H]1[C@@H](CCN1CCC(O)(c2ccccc2)CC1)c1ccc(Cl)c(Cl)c1. The first-order chi connectivity index (χ1) is 16.9. The fourth-order valence-corrected chi connectivity index (χ4v) is 6.02. The molecule has 0 spiro atoms. The zero-order chi connectivity index (χ0) is 24.6. The summed E-state index contributed by atoms with van der Waals surface area (Å²) in [4.78, 5) is 17.3. The summed E-state index contributed by atoms with van der Waals surface area (Å²) in [6.07, 6.45) is 2.27. The molecule has 0 radical (unpaired) electrons. The van der Waals surface area contributed by atoms with E-state index in [9.17, 15) is 9.90 Å². The Morgan fingerprint density at radius 3 is 2.37 bits per heavy atom. The highest BCUT2D eigenvalue weighted by Crippen LogP contribution is 2.45. The number of likely N-dealkylation sites (tertiary alicyclic amines) is 1. The maximum atomic E-state index is 13.0. The van der Waals surface area contributed by atoms with Gasteiger partial charge in [0.1, 0.15) is 0 Å². The van der Waals surface area contributed by atoms with Crippen LogP contribution in [0.4, 0.5) is 0 Å². The number of nitrogens with zero attached hydrogens (tertiary/aromatic N) is 2. The van der Waals surface area contributed by atoms with Gasteiger partial charge < -0.3 is 14.9 Å². The average Bonchev–Trinajstić information content (AvgIpc) is 3.13. The molecule has 182 valence electrons. The van der Waals surface area contributed by atoms with Crippen LogP contribution in [0.15, 0.2) is 72.8 Å². The standard InChI is InChI=1S/C29H30Cl2N2O2/c1-32-27(23-9-5-6-10-24(23)28(32)34)22(20-11-12-25(30)26(31)19-20)13-16-33-17-14-29(35,15-18-33)21-7-3-2-4-8-21/h2-12,19,22,27,35H,13-18H2,1H3/t22-,27-/m0/s1. The minimum absolute atomic E-state index is 0.0570. The summed E-state index contributed by atoms with van der Waals surface area (Å²) in [6.45, 7) is 2.53. The number of likely N-dealkylation sites (N-methyl/N-ethyl adjacent to an activating group) is 1. The minimum atomic E-state index is -0.766. The Bertz CT molecular complexity index is 1210. The Labute approximate surface area is 217 Å². The van der Waals surface area contributed by atoms with E-state index in [1.807, 2.05) is 78.7 Å². The molecule has 3 aromatic rings. The van der Waals surface area contributed by atoms with Crippen molar-refractivity contribution < 1.29 is 9.90 Å². The van der Waals surface area contributed by atoms with Gasteiger partial charge in [-0.05, 0) is 60.7 Å². The molecule has 35 heavy (non-hydrogen) atoms. The lowest BCUT2D eigenvalue weighted by Gasteiger charge is -2.39. The molecular weight excluding hydrogens is 479 g/mol. The van der Waals surface area contributed by atoms with Gasteiger partial charge >= 0.3 is 0 Å². The predicted octanol–water partition coefficient (Wildman–Crippen LogP) is 6.28. The summed E-state index contributed by atoms with van der Waals surface area (Å²) < 4.78 is 0. The number of piperidine rings is 1. The smallest absolute Gasteiger partial charge is 0.254 e. The number of benzene rings is 3. The van der Waals surface area contributed by atoms with Gasteiger partial charge in [0.25, 0.3) is 5.91 Å². The van der Waals surface area contributed by atoms with E-state index in [2.05, 4.69) is 11.0 Å². The van der Waals surface area contributed by atoms with Crippen molar-refractivity contribution in [3.63, 3.8) is 0 Å². The molecule has 6 heteroatoms. The average molecular weight is 509 g/mol. The Kier molecular flexibility index (Phi) is 6.91. The van der Waals surface area contributed by atoms with Gasteiger partial charge in [0.15, 0.2) is 0 Å². The molecule has 2 heterocycles. The highest BCUT2D eigenvalue weighted by molar-refractivity contribution is 6.42. The van der Waals surface area contributed by atoms with Crippen molar-refractivity contribution in [3.8, 4) is 0 Å². The zero-order valence-corrected chi connectivity index (χ0v) is 21.3. The summed E-state index contributed by atoms with van der Waals surface area (Å²) in [6, 6.07) is 23.6. The molecule has 5 rings (SSSR count). The Hall–Kier alpha value is -2.37. The van der Waals surface area contributed by atoms with Crippen molar-refractivity contribution in [2.24, 2.45) is 0 Å². The van der Waals surface area contributed by atoms with Crippen molar-refractivity contribution in [1.29, 1.82) is 0 Å². The van der Waals surface area contributed by atoms with E-state index in [-0.39, 0.29) is 17.9 Å². The maximum absolute atomic E-state index is 13.0. The highest BCUT2D eigenvalue weighted by Gasteiger charge is 2.40. The van der Waals surface area contributed by atoms with Gasteiger partial charge in [-0.2, -0.15) is 0 Å². The molecule has 2 atom stereocenters. The first-order valence-corrected chi connectivity index (χ1v) is 12.9. The molecule has 2 aliphatic heterocycles. The predicted molar refractivity (Wildman–Crippen MR) is 141 cm³/mol. The molecule has 0 aliphatic carbocycles. The highest BCUT2D eigenvalue weighted by atomic mass is 35.5. The molecule has 3 aromatic carbocycles. The summed E-state index contributed by atoms with van der Waals surface area (Å²) in [5.74, 6) is 0.124. The van der Waals surface area contributed by atoms with Crippen LogP contribution in [0, 0.1) is 0 Å². The normalized spacial score (nSPS) is 20.6. The van der Waals surface area contributed by atoms with Crippen LogP contribution in [-0.4, -0.2) is 47.5 Å². The second-order valence-corrected chi connectivity index (χ2v) is 10.6. The topological polar surface area (TPSA) is 43.8 Å². The van der Waals surface area contributed by atoms with Crippen LogP contribution in [0.1, 0.15) is 58.3 Å². The van der Waals surface area contributed by atoms with Crippen LogP contribution in [0.25, 0.3) is 0 Å². The van der Waals surface area contributed by atoms with E-state index in [0.29, 0.717) is 22.9 Å². The Morgan fingerprint density at radius 1 is 0.971 bits per heavy atom. The third-order valence-corrected chi connectivity index (χ3v) is 8.49. The van der Waals surface area contributed by atoms with Gasteiger partial charge in [0.05, 0.1) is 21.7 Å². The largest absolute Gasteiger partial charge is 0.385 e. The van der Waals surface area contributed by atoms with Gasteiger partial charge in [-0.1, -0.05) is 77.8 Å². The lowest BCUT2D eigenvalue weighted by atomic mass is 9.83. The van der Waals surface area contributed by atoms with Crippen LogP contribution in [0.5, 0.6) is 0 Å². The molecule has 1 N–H and O–H groups in total. The zero-order valence-electron chi connectivity index (χ0n) is 19.8. The van der Waals surface area contributed by atoms with Gasteiger partial charge in [-0.15, -0.1) is 0 Å². The monoisotopic (exact) mass is 508 g/mol. The van der Waals surface area contributed by atoms with Gasteiger partial charge in [0, 0.05) is 31.6 Å². The molecule has 2 aliphatic rings. The van der Waals surface area contributed by atoms with Crippen molar-refractivity contribution >= 4 is 29.1 Å². The van der Waals surface area contributed by atoms with E-state index in [1.54, 1.807) is 0 Å². The summed E-state index contributed by atoms with van der Waals surface area (Å²) in [5.41, 5.74) is 3.15. The van der Waals surface area contributed by atoms with Crippen molar-refractivity contribution in [2.75, 3.05) is 26.7 Å². The van der Waals surface area contributed by atoms with Gasteiger partial charge in [-0.25, -0.2) is 0 Å².